The highest BCUT2D eigenvalue weighted by atomic mass is 28.4. The molecule has 188 valence electrons. The van der Waals surface area contributed by atoms with E-state index >= 15 is 0 Å². The molecule has 5 heteroatoms. The number of hydrogen-bond acceptors (Lipinski definition) is 3. The molecule has 0 aromatic rings. The van der Waals surface area contributed by atoms with Crippen molar-refractivity contribution in [3.8, 4) is 0 Å². The molecule has 0 N–H and O–H groups in total. The maximum absolute atomic E-state index is 5.64. The van der Waals surface area contributed by atoms with Crippen LogP contribution in [0.2, 0.25) is 6.04 Å². The molecule has 0 aliphatic rings. The van der Waals surface area contributed by atoms with Crippen molar-refractivity contribution < 1.29 is 17.8 Å². The molecule has 0 aliphatic carbocycles. The Kier molecular flexibility index (Phi) is 20.7. The van der Waals surface area contributed by atoms with Crippen LogP contribution in [0.15, 0.2) is 0 Å². The molecule has 0 aromatic carbocycles. The van der Waals surface area contributed by atoms with E-state index in [4.69, 9.17) is 13.3 Å². The summed E-state index contributed by atoms with van der Waals surface area (Å²) in [5.41, 5.74) is 0. The van der Waals surface area contributed by atoms with E-state index in [0.717, 1.165) is 12.5 Å². The second kappa shape index (κ2) is 20.6. The lowest BCUT2D eigenvalue weighted by Crippen LogP contribution is -2.51. The first-order chi connectivity index (χ1) is 15.1. The fourth-order valence-corrected chi connectivity index (χ4v) is 6.80. The smallest absolute Gasteiger partial charge is 0.377 e. The Hall–Kier alpha value is 0.0569. The fourth-order valence-electron chi connectivity index (χ4n) is 5.09. The van der Waals surface area contributed by atoms with Gasteiger partial charge in [0, 0.05) is 33.8 Å². The second-order valence-corrected chi connectivity index (χ2v) is 12.6. The first kappa shape index (κ1) is 31.1. The van der Waals surface area contributed by atoms with Gasteiger partial charge in [-0.15, -0.1) is 0 Å². The molecule has 0 bridgehead atoms. The van der Waals surface area contributed by atoms with Crippen molar-refractivity contribution in [2.75, 3.05) is 47.5 Å². The number of nitrogens with zero attached hydrogens (tertiary/aromatic N) is 1. The molecule has 31 heavy (non-hydrogen) atoms. The molecule has 0 heterocycles. The summed E-state index contributed by atoms with van der Waals surface area (Å²) in [6.07, 6.45) is 20.7. The highest BCUT2D eigenvalue weighted by Gasteiger charge is 2.38. The Morgan fingerprint density at radius 2 is 0.839 bits per heavy atom. The van der Waals surface area contributed by atoms with E-state index in [0.29, 0.717) is 0 Å². The van der Waals surface area contributed by atoms with Crippen molar-refractivity contribution in [3.63, 3.8) is 0 Å². The van der Waals surface area contributed by atoms with Gasteiger partial charge in [-0.2, -0.15) is 0 Å². The maximum atomic E-state index is 5.64. The maximum Gasteiger partial charge on any atom is 0.500 e. The predicted molar refractivity (Wildman–Crippen MR) is 138 cm³/mol. The summed E-state index contributed by atoms with van der Waals surface area (Å²) in [5.74, 6) is 0. The third-order valence-corrected chi connectivity index (χ3v) is 9.76. The monoisotopic (exact) mass is 460 g/mol. The average Bonchev–Trinajstić information content (AvgIpc) is 2.78. The molecule has 0 radical (unpaired) electrons. The zero-order valence-corrected chi connectivity index (χ0v) is 23.3. The van der Waals surface area contributed by atoms with Crippen molar-refractivity contribution >= 4 is 8.80 Å². The van der Waals surface area contributed by atoms with Crippen LogP contribution in [0.1, 0.15) is 117 Å². The van der Waals surface area contributed by atoms with Gasteiger partial charge in [0.05, 0.1) is 26.2 Å². The van der Waals surface area contributed by atoms with Gasteiger partial charge >= 0.3 is 8.80 Å². The van der Waals surface area contributed by atoms with Crippen molar-refractivity contribution in [1.29, 1.82) is 0 Å². The Morgan fingerprint density at radius 3 is 1.23 bits per heavy atom. The van der Waals surface area contributed by atoms with E-state index in [1.54, 1.807) is 21.3 Å². The van der Waals surface area contributed by atoms with Gasteiger partial charge in [0.15, 0.2) is 0 Å². The summed E-state index contributed by atoms with van der Waals surface area (Å²) < 4.78 is 18.2. The van der Waals surface area contributed by atoms with Crippen molar-refractivity contribution in [2.45, 2.75) is 123 Å². The molecule has 0 fully saturated rings. The van der Waals surface area contributed by atoms with Gasteiger partial charge in [-0.05, 0) is 25.7 Å². The zero-order valence-electron chi connectivity index (χ0n) is 22.3. The number of unbranched alkanes of at least 4 members (excludes halogenated alkanes) is 11. The van der Waals surface area contributed by atoms with Crippen molar-refractivity contribution in [2.24, 2.45) is 0 Å². The van der Waals surface area contributed by atoms with E-state index in [1.807, 2.05) is 0 Å². The van der Waals surface area contributed by atoms with Gasteiger partial charge in [-0.1, -0.05) is 85.0 Å². The van der Waals surface area contributed by atoms with Gasteiger partial charge in [0.25, 0.3) is 0 Å². The minimum Gasteiger partial charge on any atom is -0.377 e. The molecular weight excluding hydrogens is 402 g/mol. The molecule has 0 atom stereocenters. The van der Waals surface area contributed by atoms with Gasteiger partial charge in [-0.3, -0.25) is 0 Å². The Morgan fingerprint density at radius 1 is 0.452 bits per heavy atom. The van der Waals surface area contributed by atoms with E-state index in [-0.39, 0.29) is 0 Å². The number of quaternary nitrogens is 1. The molecule has 0 unspecified atom stereocenters. The standard InChI is InChI=1S/C26H58NO3Si/c1-7-10-11-12-13-14-15-16-17-18-19-20-24-27(22-8-2,23-9-3)25-21-26-31(28-4,29-5)30-6/h7-26H2,1-6H3/q+1. The molecule has 0 spiro atoms. The largest absolute Gasteiger partial charge is 0.500 e. The lowest BCUT2D eigenvalue weighted by atomic mass is 10.0. The number of rotatable bonds is 24. The molecule has 0 amide bonds. The molecular formula is C26H58NO3Si+. The quantitative estimate of drug-likeness (QED) is 0.0843. The molecule has 0 aliphatic heterocycles. The van der Waals surface area contributed by atoms with Crippen LogP contribution >= 0.6 is 0 Å². The van der Waals surface area contributed by atoms with Gasteiger partial charge < -0.3 is 17.8 Å². The molecule has 4 nitrogen and oxygen atoms in total. The van der Waals surface area contributed by atoms with Gasteiger partial charge in [0.1, 0.15) is 0 Å². The first-order valence-electron chi connectivity index (χ1n) is 13.6. The van der Waals surface area contributed by atoms with E-state index in [1.165, 1.54) is 121 Å². The van der Waals surface area contributed by atoms with Crippen LogP contribution in [-0.2, 0) is 13.3 Å². The first-order valence-corrected chi connectivity index (χ1v) is 15.5. The minimum absolute atomic E-state index is 0.919. The summed E-state index contributed by atoms with van der Waals surface area (Å²) in [5, 5.41) is 0. The van der Waals surface area contributed by atoms with Crippen LogP contribution in [0, 0.1) is 0 Å². The SMILES string of the molecule is CCCCCCCCCCCCCC[N+](CCC)(CCC)CCC[Si](OC)(OC)OC. The molecule has 0 saturated carbocycles. The summed E-state index contributed by atoms with van der Waals surface area (Å²) in [6.45, 7) is 12.1. The second-order valence-electron chi connectivity index (χ2n) is 9.52. The van der Waals surface area contributed by atoms with Crippen LogP contribution < -0.4 is 0 Å². The minimum atomic E-state index is -2.44. The summed E-state index contributed by atoms with van der Waals surface area (Å²) in [7, 11) is 2.74. The van der Waals surface area contributed by atoms with E-state index in [2.05, 4.69) is 20.8 Å². The Bertz CT molecular complexity index is 363. The number of hydrogen-bond donors (Lipinski definition) is 0. The third-order valence-electron chi connectivity index (χ3n) is 6.93. The lowest BCUT2D eigenvalue weighted by Gasteiger charge is -2.39. The highest BCUT2D eigenvalue weighted by Crippen LogP contribution is 2.21. The van der Waals surface area contributed by atoms with Crippen molar-refractivity contribution in [3.05, 3.63) is 0 Å². The topological polar surface area (TPSA) is 27.7 Å². The fraction of sp³-hybridized carbons (Fsp3) is 1.00. The highest BCUT2D eigenvalue weighted by molar-refractivity contribution is 6.60. The summed E-state index contributed by atoms with van der Waals surface area (Å²) >= 11 is 0. The van der Waals surface area contributed by atoms with Crippen molar-refractivity contribution in [1.82, 2.24) is 0 Å². The molecule has 0 rings (SSSR count). The van der Waals surface area contributed by atoms with Crippen LogP contribution in [0.5, 0.6) is 0 Å². The predicted octanol–water partition coefficient (Wildman–Crippen LogP) is 7.59. The van der Waals surface area contributed by atoms with Crippen LogP contribution in [0.25, 0.3) is 0 Å². The molecule has 0 aromatic heterocycles. The van der Waals surface area contributed by atoms with Crippen LogP contribution in [-0.4, -0.2) is 60.8 Å². The Balaban J connectivity index is 4.20. The summed E-state index contributed by atoms with van der Waals surface area (Å²) in [6, 6.07) is 0.919. The lowest BCUT2D eigenvalue weighted by molar-refractivity contribution is -0.928. The Labute approximate surface area is 197 Å². The third kappa shape index (κ3) is 14.7. The van der Waals surface area contributed by atoms with Crippen LogP contribution in [0.4, 0.5) is 0 Å². The van der Waals surface area contributed by atoms with E-state index < -0.39 is 8.80 Å². The normalized spacial score (nSPS) is 12.6. The van der Waals surface area contributed by atoms with Gasteiger partial charge in [0.2, 0.25) is 0 Å². The summed E-state index contributed by atoms with van der Waals surface area (Å²) in [4.78, 5) is 0. The van der Waals surface area contributed by atoms with Crippen LogP contribution in [0.3, 0.4) is 0 Å². The zero-order chi connectivity index (χ0) is 23.3. The average molecular weight is 461 g/mol. The molecule has 0 saturated heterocycles. The van der Waals surface area contributed by atoms with E-state index in [9.17, 15) is 0 Å². The van der Waals surface area contributed by atoms with Gasteiger partial charge in [-0.25, -0.2) is 0 Å².